The second-order valence-electron chi connectivity index (χ2n) is 2.62. The third-order valence-corrected chi connectivity index (χ3v) is 3.38. The Hall–Kier alpha value is 0.0400. The van der Waals surface area contributed by atoms with Gasteiger partial charge in [0.2, 0.25) is 0 Å². The number of hydrogen-bond donors (Lipinski definition) is 1. The summed E-state index contributed by atoms with van der Waals surface area (Å²) < 4.78 is 0. The van der Waals surface area contributed by atoms with Crippen LogP contribution in [0.3, 0.4) is 0 Å². The molecule has 80 valence electrons. The van der Waals surface area contributed by atoms with Crippen molar-refractivity contribution in [3.63, 3.8) is 0 Å². The Balaban J connectivity index is 0.00000169. The van der Waals surface area contributed by atoms with Crippen molar-refractivity contribution in [3.05, 3.63) is 35.0 Å². The maximum Gasteiger partial charge on any atom is 0.0300 e. The van der Waals surface area contributed by atoms with Crippen molar-refractivity contribution in [1.82, 2.24) is 5.32 Å². The summed E-state index contributed by atoms with van der Waals surface area (Å²) in [5.74, 6) is 2.22. The summed E-state index contributed by atoms with van der Waals surface area (Å²) in [7, 11) is 0. The molecule has 1 aromatic rings. The molecule has 1 heterocycles. The van der Waals surface area contributed by atoms with Crippen molar-refractivity contribution < 1.29 is 0 Å². The minimum atomic E-state index is 0. The summed E-state index contributed by atoms with van der Waals surface area (Å²) in [6.45, 7) is 5.77. The lowest BCUT2D eigenvalue weighted by Gasteiger charge is -2.01. The molecular weight excluding hydrogens is 234 g/mol. The maximum absolute atomic E-state index is 3.68. The van der Waals surface area contributed by atoms with E-state index in [1.165, 1.54) is 4.88 Å². The lowest BCUT2D eigenvalue weighted by Crippen LogP contribution is -2.15. The van der Waals surface area contributed by atoms with Crippen LogP contribution in [0.2, 0.25) is 0 Å². The van der Waals surface area contributed by atoms with Crippen LogP contribution in [-0.2, 0) is 6.54 Å². The zero-order valence-electron chi connectivity index (χ0n) is 8.07. The van der Waals surface area contributed by atoms with Crippen LogP contribution >= 0.6 is 35.5 Å². The van der Waals surface area contributed by atoms with Gasteiger partial charge in [0.15, 0.2) is 0 Å². The molecule has 0 unspecified atom stereocenters. The molecule has 0 bridgehead atoms. The van der Waals surface area contributed by atoms with Gasteiger partial charge in [-0.3, -0.25) is 0 Å². The number of halogens is 1. The molecule has 14 heavy (non-hydrogen) atoms. The van der Waals surface area contributed by atoms with E-state index in [1.54, 1.807) is 11.3 Å². The van der Waals surface area contributed by atoms with E-state index >= 15 is 0 Å². The highest BCUT2D eigenvalue weighted by atomic mass is 35.5. The van der Waals surface area contributed by atoms with Gasteiger partial charge in [0, 0.05) is 29.5 Å². The number of rotatable bonds is 7. The van der Waals surface area contributed by atoms with Crippen molar-refractivity contribution in [2.24, 2.45) is 0 Å². The molecule has 1 N–H and O–H groups in total. The number of hydrogen-bond acceptors (Lipinski definition) is 3. The Morgan fingerprint density at radius 1 is 1.57 bits per heavy atom. The highest BCUT2D eigenvalue weighted by Crippen LogP contribution is 2.07. The zero-order chi connectivity index (χ0) is 9.36. The first kappa shape index (κ1) is 14.0. The monoisotopic (exact) mass is 249 g/mol. The van der Waals surface area contributed by atoms with Gasteiger partial charge in [-0.15, -0.1) is 30.3 Å². The van der Waals surface area contributed by atoms with E-state index in [1.807, 2.05) is 17.8 Å². The van der Waals surface area contributed by atoms with Crippen molar-refractivity contribution >= 4 is 35.5 Å². The first-order chi connectivity index (χ1) is 6.43. The van der Waals surface area contributed by atoms with E-state index in [9.17, 15) is 0 Å². The molecule has 0 aliphatic carbocycles. The van der Waals surface area contributed by atoms with Crippen LogP contribution in [-0.4, -0.2) is 18.1 Å². The molecular formula is C10H16ClNS2. The second-order valence-corrected chi connectivity index (χ2v) is 4.80. The van der Waals surface area contributed by atoms with Crippen molar-refractivity contribution in [3.8, 4) is 0 Å². The molecule has 0 atom stereocenters. The van der Waals surface area contributed by atoms with Crippen LogP contribution < -0.4 is 5.32 Å². The Kier molecular flexibility index (Phi) is 9.62. The molecule has 1 rings (SSSR count). The van der Waals surface area contributed by atoms with Gasteiger partial charge < -0.3 is 5.32 Å². The summed E-state index contributed by atoms with van der Waals surface area (Å²) in [5, 5.41) is 5.52. The smallest absolute Gasteiger partial charge is 0.0300 e. The largest absolute Gasteiger partial charge is 0.311 e. The first-order valence-electron chi connectivity index (χ1n) is 4.35. The average molecular weight is 250 g/mol. The SMILES string of the molecule is C=CCSCCNCc1cccs1.Cl. The Morgan fingerprint density at radius 3 is 3.07 bits per heavy atom. The number of nitrogens with one attached hydrogen (secondary N) is 1. The highest BCUT2D eigenvalue weighted by Gasteiger charge is 1.91. The fourth-order valence-electron chi connectivity index (χ4n) is 0.936. The fraction of sp³-hybridized carbons (Fsp3) is 0.400. The first-order valence-corrected chi connectivity index (χ1v) is 6.38. The van der Waals surface area contributed by atoms with E-state index in [-0.39, 0.29) is 12.4 Å². The topological polar surface area (TPSA) is 12.0 Å². The third-order valence-electron chi connectivity index (χ3n) is 1.54. The number of thioether (sulfide) groups is 1. The summed E-state index contributed by atoms with van der Waals surface area (Å²) in [4.78, 5) is 1.41. The van der Waals surface area contributed by atoms with Gasteiger partial charge in [0.1, 0.15) is 0 Å². The second kappa shape index (κ2) is 9.59. The van der Waals surface area contributed by atoms with Crippen LogP contribution in [0.1, 0.15) is 4.88 Å². The normalized spacial score (nSPS) is 9.43. The van der Waals surface area contributed by atoms with Gasteiger partial charge in [-0.1, -0.05) is 12.1 Å². The van der Waals surface area contributed by atoms with E-state index in [0.717, 1.165) is 24.6 Å². The van der Waals surface area contributed by atoms with E-state index in [2.05, 4.69) is 29.4 Å². The molecule has 0 saturated heterocycles. The summed E-state index contributed by atoms with van der Waals surface area (Å²) >= 11 is 3.72. The van der Waals surface area contributed by atoms with Crippen LogP contribution in [0.4, 0.5) is 0 Å². The molecule has 1 nitrogen and oxygen atoms in total. The maximum atomic E-state index is 3.68. The molecule has 0 aromatic carbocycles. The number of thiophene rings is 1. The highest BCUT2D eigenvalue weighted by molar-refractivity contribution is 7.99. The van der Waals surface area contributed by atoms with Crippen molar-refractivity contribution in [2.75, 3.05) is 18.1 Å². The standard InChI is InChI=1S/C10H15NS2.ClH/c1-2-6-12-8-5-11-9-10-4-3-7-13-10;/h2-4,7,11H,1,5-6,8-9H2;1H. The quantitative estimate of drug-likeness (QED) is 0.589. The van der Waals surface area contributed by atoms with Crippen molar-refractivity contribution in [1.29, 1.82) is 0 Å². The lowest BCUT2D eigenvalue weighted by molar-refractivity contribution is 0.741. The molecule has 0 aliphatic heterocycles. The van der Waals surface area contributed by atoms with Crippen LogP contribution in [0, 0.1) is 0 Å². The van der Waals surface area contributed by atoms with Crippen LogP contribution in [0.15, 0.2) is 30.2 Å². The van der Waals surface area contributed by atoms with Gasteiger partial charge >= 0.3 is 0 Å². The molecule has 0 radical (unpaired) electrons. The molecule has 0 spiro atoms. The molecule has 0 amide bonds. The average Bonchev–Trinajstić information content (AvgIpc) is 2.63. The molecule has 1 aromatic heterocycles. The van der Waals surface area contributed by atoms with E-state index in [0.29, 0.717) is 0 Å². The van der Waals surface area contributed by atoms with Crippen LogP contribution in [0.25, 0.3) is 0 Å². The van der Waals surface area contributed by atoms with E-state index < -0.39 is 0 Å². The Bertz CT molecular complexity index is 224. The zero-order valence-corrected chi connectivity index (χ0v) is 10.5. The predicted octanol–water partition coefficient (Wildman–Crippen LogP) is 3.18. The molecule has 0 saturated carbocycles. The molecule has 0 fully saturated rings. The van der Waals surface area contributed by atoms with Gasteiger partial charge in [-0.05, 0) is 11.4 Å². The summed E-state index contributed by atoms with van der Waals surface area (Å²) in [6, 6.07) is 4.25. The Morgan fingerprint density at radius 2 is 2.43 bits per heavy atom. The minimum absolute atomic E-state index is 0. The molecule has 4 heteroatoms. The minimum Gasteiger partial charge on any atom is -0.311 e. The lowest BCUT2D eigenvalue weighted by atomic mass is 10.4. The molecule has 0 aliphatic rings. The van der Waals surface area contributed by atoms with Gasteiger partial charge in [-0.25, -0.2) is 0 Å². The third kappa shape index (κ3) is 6.49. The van der Waals surface area contributed by atoms with Gasteiger partial charge in [0.25, 0.3) is 0 Å². The Labute approximate surface area is 100 Å². The van der Waals surface area contributed by atoms with E-state index in [4.69, 9.17) is 0 Å². The van der Waals surface area contributed by atoms with Crippen molar-refractivity contribution in [2.45, 2.75) is 6.54 Å². The summed E-state index contributed by atoms with van der Waals surface area (Å²) in [6.07, 6.45) is 1.95. The van der Waals surface area contributed by atoms with Crippen LogP contribution in [0.5, 0.6) is 0 Å². The fourth-order valence-corrected chi connectivity index (χ4v) is 2.23. The van der Waals surface area contributed by atoms with Gasteiger partial charge in [0.05, 0.1) is 0 Å². The van der Waals surface area contributed by atoms with Gasteiger partial charge in [-0.2, -0.15) is 11.8 Å². The summed E-state index contributed by atoms with van der Waals surface area (Å²) in [5.41, 5.74) is 0. The predicted molar refractivity (Wildman–Crippen MR) is 70.8 cm³/mol.